The first-order valence-corrected chi connectivity index (χ1v) is 6.36. The van der Waals surface area contributed by atoms with Gasteiger partial charge < -0.3 is 9.88 Å². The van der Waals surface area contributed by atoms with Gasteiger partial charge in [0.05, 0.1) is 23.3 Å². The van der Waals surface area contributed by atoms with E-state index in [-0.39, 0.29) is 5.54 Å². The number of nitrogens with one attached hydrogen (secondary N) is 1. The molecule has 1 N–H and O–H groups in total. The van der Waals surface area contributed by atoms with Gasteiger partial charge >= 0.3 is 0 Å². The molecular weight excluding hydrogens is 198 g/mol. The number of aromatic nitrogens is 2. The Hall–Kier alpha value is -0.830. The standard InChI is InChI=1S/C13H23N3/c1-5-13(4)12-11(6-7-15-13)14-9-16(12)8-10(2)3/h9-10,15H,5-8H2,1-4H3. The van der Waals surface area contributed by atoms with E-state index in [1.54, 1.807) is 0 Å². The van der Waals surface area contributed by atoms with Crippen LogP contribution in [0.2, 0.25) is 0 Å². The summed E-state index contributed by atoms with van der Waals surface area (Å²) < 4.78 is 2.34. The van der Waals surface area contributed by atoms with Crippen LogP contribution in [-0.2, 0) is 18.5 Å². The van der Waals surface area contributed by atoms with Crippen LogP contribution in [0.5, 0.6) is 0 Å². The monoisotopic (exact) mass is 221 g/mol. The van der Waals surface area contributed by atoms with Crippen LogP contribution in [0.15, 0.2) is 6.33 Å². The van der Waals surface area contributed by atoms with Crippen molar-refractivity contribution in [2.45, 2.75) is 52.6 Å². The SMILES string of the molecule is CCC1(C)NCCc2ncn(CC(C)C)c21. The van der Waals surface area contributed by atoms with Crippen LogP contribution in [0, 0.1) is 5.92 Å². The highest BCUT2D eigenvalue weighted by atomic mass is 15.1. The highest BCUT2D eigenvalue weighted by Gasteiger charge is 2.33. The van der Waals surface area contributed by atoms with Crippen molar-refractivity contribution in [3.63, 3.8) is 0 Å². The van der Waals surface area contributed by atoms with Gasteiger partial charge in [0.2, 0.25) is 0 Å². The number of rotatable bonds is 3. The van der Waals surface area contributed by atoms with Crippen molar-refractivity contribution in [1.82, 2.24) is 14.9 Å². The summed E-state index contributed by atoms with van der Waals surface area (Å²) in [6.07, 6.45) is 4.20. The first kappa shape index (κ1) is 11.6. The highest BCUT2D eigenvalue weighted by Crippen LogP contribution is 2.30. The first-order valence-electron chi connectivity index (χ1n) is 6.36. The summed E-state index contributed by atoms with van der Waals surface area (Å²) in [6, 6.07) is 0. The Labute approximate surface area is 98.3 Å². The average Bonchev–Trinajstić information content (AvgIpc) is 2.62. The zero-order valence-corrected chi connectivity index (χ0v) is 10.9. The van der Waals surface area contributed by atoms with E-state index < -0.39 is 0 Å². The third kappa shape index (κ3) is 1.88. The molecule has 0 amide bonds. The van der Waals surface area contributed by atoms with Crippen molar-refractivity contribution in [2.75, 3.05) is 6.54 Å². The summed E-state index contributed by atoms with van der Waals surface area (Å²) in [5.74, 6) is 0.668. The molecule has 0 radical (unpaired) electrons. The van der Waals surface area contributed by atoms with E-state index in [1.165, 1.54) is 11.4 Å². The molecule has 3 heteroatoms. The van der Waals surface area contributed by atoms with Gasteiger partial charge in [0.1, 0.15) is 0 Å². The Kier molecular flexibility index (Phi) is 3.06. The van der Waals surface area contributed by atoms with Crippen molar-refractivity contribution in [3.05, 3.63) is 17.7 Å². The van der Waals surface area contributed by atoms with Gasteiger partial charge in [-0.25, -0.2) is 4.98 Å². The van der Waals surface area contributed by atoms with Gasteiger partial charge in [-0.05, 0) is 19.3 Å². The molecule has 1 aromatic rings. The molecule has 1 aliphatic rings. The molecule has 0 saturated heterocycles. The molecule has 1 atom stereocenters. The second-order valence-electron chi connectivity index (χ2n) is 5.45. The summed E-state index contributed by atoms with van der Waals surface area (Å²) in [4.78, 5) is 4.58. The summed E-state index contributed by atoms with van der Waals surface area (Å²) in [6.45, 7) is 11.2. The maximum Gasteiger partial charge on any atom is 0.0952 e. The lowest BCUT2D eigenvalue weighted by Gasteiger charge is -2.35. The van der Waals surface area contributed by atoms with E-state index in [0.29, 0.717) is 5.92 Å². The molecule has 2 heterocycles. The van der Waals surface area contributed by atoms with E-state index >= 15 is 0 Å². The summed E-state index contributed by atoms with van der Waals surface area (Å²) >= 11 is 0. The van der Waals surface area contributed by atoms with Crippen LogP contribution < -0.4 is 5.32 Å². The van der Waals surface area contributed by atoms with Gasteiger partial charge in [0.15, 0.2) is 0 Å². The predicted octanol–water partition coefficient (Wildman–Crippen LogP) is 2.31. The van der Waals surface area contributed by atoms with Crippen molar-refractivity contribution in [2.24, 2.45) is 5.92 Å². The molecule has 90 valence electrons. The quantitative estimate of drug-likeness (QED) is 0.849. The average molecular weight is 221 g/mol. The fourth-order valence-corrected chi connectivity index (χ4v) is 2.61. The van der Waals surface area contributed by atoms with Gasteiger partial charge in [-0.1, -0.05) is 20.8 Å². The molecule has 0 aliphatic carbocycles. The molecule has 16 heavy (non-hydrogen) atoms. The van der Waals surface area contributed by atoms with Crippen LogP contribution in [0.4, 0.5) is 0 Å². The molecular formula is C13H23N3. The zero-order chi connectivity index (χ0) is 11.8. The van der Waals surface area contributed by atoms with E-state index in [0.717, 1.165) is 25.9 Å². The number of hydrogen-bond donors (Lipinski definition) is 1. The van der Waals surface area contributed by atoms with E-state index in [2.05, 4.69) is 42.6 Å². The van der Waals surface area contributed by atoms with Gasteiger partial charge in [-0.2, -0.15) is 0 Å². The second kappa shape index (κ2) is 4.21. The Bertz CT molecular complexity index is 367. The Morgan fingerprint density at radius 2 is 2.31 bits per heavy atom. The molecule has 1 unspecified atom stereocenters. The molecule has 0 bridgehead atoms. The topological polar surface area (TPSA) is 29.9 Å². The number of imidazole rings is 1. The molecule has 1 aliphatic heterocycles. The first-order chi connectivity index (χ1) is 7.57. The molecule has 0 spiro atoms. The molecule has 0 saturated carbocycles. The lowest BCUT2D eigenvalue weighted by Crippen LogP contribution is -2.46. The number of fused-ring (bicyclic) bond motifs is 1. The number of hydrogen-bond acceptors (Lipinski definition) is 2. The molecule has 0 fully saturated rings. The minimum absolute atomic E-state index is 0.110. The fourth-order valence-electron chi connectivity index (χ4n) is 2.61. The van der Waals surface area contributed by atoms with Gasteiger partial charge in [-0.3, -0.25) is 0 Å². The fraction of sp³-hybridized carbons (Fsp3) is 0.769. The van der Waals surface area contributed by atoms with Gasteiger partial charge in [0.25, 0.3) is 0 Å². The van der Waals surface area contributed by atoms with Crippen LogP contribution in [-0.4, -0.2) is 16.1 Å². The normalized spacial score (nSPS) is 24.8. The Balaban J connectivity index is 2.40. The Morgan fingerprint density at radius 3 is 2.94 bits per heavy atom. The largest absolute Gasteiger partial charge is 0.332 e. The van der Waals surface area contributed by atoms with E-state index in [1.807, 2.05) is 6.33 Å². The minimum atomic E-state index is 0.110. The van der Waals surface area contributed by atoms with E-state index in [9.17, 15) is 0 Å². The molecule has 1 aromatic heterocycles. The molecule has 3 nitrogen and oxygen atoms in total. The van der Waals surface area contributed by atoms with Crippen molar-refractivity contribution in [3.8, 4) is 0 Å². The summed E-state index contributed by atoms with van der Waals surface area (Å²) in [7, 11) is 0. The Morgan fingerprint density at radius 1 is 1.56 bits per heavy atom. The molecule has 2 rings (SSSR count). The van der Waals surface area contributed by atoms with Crippen LogP contribution in [0.25, 0.3) is 0 Å². The predicted molar refractivity (Wildman–Crippen MR) is 66.4 cm³/mol. The van der Waals surface area contributed by atoms with Crippen molar-refractivity contribution in [1.29, 1.82) is 0 Å². The lowest BCUT2D eigenvalue weighted by molar-refractivity contribution is 0.306. The lowest BCUT2D eigenvalue weighted by atomic mass is 9.88. The van der Waals surface area contributed by atoms with Crippen LogP contribution >= 0.6 is 0 Å². The summed E-state index contributed by atoms with van der Waals surface area (Å²) in [5.41, 5.74) is 2.82. The zero-order valence-electron chi connectivity index (χ0n) is 10.9. The minimum Gasteiger partial charge on any atom is -0.332 e. The van der Waals surface area contributed by atoms with Crippen molar-refractivity contribution >= 4 is 0 Å². The maximum absolute atomic E-state index is 4.58. The van der Waals surface area contributed by atoms with Gasteiger partial charge in [0, 0.05) is 19.5 Å². The van der Waals surface area contributed by atoms with Gasteiger partial charge in [-0.15, -0.1) is 0 Å². The van der Waals surface area contributed by atoms with Crippen LogP contribution in [0.1, 0.15) is 45.5 Å². The molecule has 0 aromatic carbocycles. The van der Waals surface area contributed by atoms with Crippen molar-refractivity contribution < 1.29 is 0 Å². The van der Waals surface area contributed by atoms with E-state index in [4.69, 9.17) is 0 Å². The highest BCUT2D eigenvalue weighted by molar-refractivity contribution is 5.25. The number of nitrogens with zero attached hydrogens (tertiary/aromatic N) is 2. The third-order valence-electron chi connectivity index (χ3n) is 3.58. The third-order valence-corrected chi connectivity index (χ3v) is 3.58. The second-order valence-corrected chi connectivity index (χ2v) is 5.45. The smallest absolute Gasteiger partial charge is 0.0952 e. The summed E-state index contributed by atoms with van der Waals surface area (Å²) in [5, 5.41) is 3.64. The maximum atomic E-state index is 4.58. The van der Waals surface area contributed by atoms with Crippen LogP contribution in [0.3, 0.4) is 0 Å².